The normalized spacial score (nSPS) is 14.4. The van der Waals surface area contributed by atoms with E-state index in [1.807, 2.05) is 38.1 Å². The largest absolute Gasteiger partial charge is 0.486 e. The smallest absolute Gasteiger partial charge is 0.252 e. The maximum atomic E-state index is 12.9. The van der Waals surface area contributed by atoms with Crippen LogP contribution in [0.25, 0.3) is 11.0 Å². The standard InChI is InChI=1S/C20H20ClN3O3/c1-11(2)17(19-22-14-5-3-4-6-15(14)23-19)24-20(25)12-9-13(21)18-16(10-12)26-7-8-27-18/h3-6,9-11,17H,7-8H2,1-2H3,(H,22,23)(H,24,25). The lowest BCUT2D eigenvalue weighted by molar-refractivity contribution is 0.0922. The summed E-state index contributed by atoms with van der Waals surface area (Å²) >= 11 is 6.26. The fourth-order valence-corrected chi connectivity index (χ4v) is 3.40. The lowest BCUT2D eigenvalue weighted by Crippen LogP contribution is -2.32. The van der Waals surface area contributed by atoms with Crippen molar-refractivity contribution in [2.75, 3.05) is 13.2 Å². The van der Waals surface area contributed by atoms with Crippen molar-refractivity contribution in [3.8, 4) is 11.5 Å². The molecule has 1 aromatic heterocycles. The van der Waals surface area contributed by atoms with Crippen molar-refractivity contribution >= 4 is 28.5 Å². The molecular formula is C20H20ClN3O3. The number of rotatable bonds is 4. The Bertz CT molecular complexity index is 966. The van der Waals surface area contributed by atoms with E-state index in [2.05, 4.69) is 15.3 Å². The summed E-state index contributed by atoms with van der Waals surface area (Å²) < 4.78 is 11.1. The molecule has 2 aromatic carbocycles. The minimum Gasteiger partial charge on any atom is -0.486 e. The topological polar surface area (TPSA) is 76.2 Å². The number of imidazole rings is 1. The minimum absolute atomic E-state index is 0.141. The van der Waals surface area contributed by atoms with Gasteiger partial charge in [0.1, 0.15) is 19.0 Å². The first-order chi connectivity index (χ1) is 13.0. The molecule has 0 radical (unpaired) electrons. The Morgan fingerprint density at radius 3 is 2.78 bits per heavy atom. The molecule has 0 bridgehead atoms. The first-order valence-corrected chi connectivity index (χ1v) is 9.25. The van der Waals surface area contributed by atoms with E-state index in [1.165, 1.54) is 0 Å². The van der Waals surface area contributed by atoms with Gasteiger partial charge in [-0.2, -0.15) is 0 Å². The van der Waals surface area contributed by atoms with Gasteiger partial charge in [0.2, 0.25) is 0 Å². The number of carbonyl (C=O) groups excluding carboxylic acids is 1. The lowest BCUT2D eigenvalue weighted by Gasteiger charge is -2.22. The molecule has 1 aliphatic rings. The van der Waals surface area contributed by atoms with Crippen LogP contribution in [0.4, 0.5) is 0 Å². The fourth-order valence-electron chi connectivity index (χ4n) is 3.14. The molecule has 4 rings (SSSR count). The number of carbonyl (C=O) groups is 1. The van der Waals surface area contributed by atoms with Crippen LogP contribution in [0.1, 0.15) is 36.1 Å². The predicted octanol–water partition coefficient (Wildman–Crippen LogP) is 4.11. The van der Waals surface area contributed by atoms with Gasteiger partial charge in [0.05, 0.1) is 22.1 Å². The maximum absolute atomic E-state index is 12.9. The van der Waals surface area contributed by atoms with E-state index in [-0.39, 0.29) is 17.9 Å². The van der Waals surface area contributed by atoms with Crippen molar-refractivity contribution in [1.29, 1.82) is 0 Å². The number of amides is 1. The number of fused-ring (bicyclic) bond motifs is 2. The first-order valence-electron chi connectivity index (χ1n) is 8.87. The number of benzene rings is 2. The van der Waals surface area contributed by atoms with Gasteiger partial charge in [0.25, 0.3) is 5.91 Å². The molecule has 0 saturated carbocycles. The van der Waals surface area contributed by atoms with E-state index in [1.54, 1.807) is 12.1 Å². The van der Waals surface area contributed by atoms with Gasteiger partial charge in [-0.3, -0.25) is 4.79 Å². The number of hydrogen-bond acceptors (Lipinski definition) is 4. The summed E-state index contributed by atoms with van der Waals surface area (Å²) in [6.07, 6.45) is 0. The Morgan fingerprint density at radius 1 is 1.22 bits per heavy atom. The molecule has 6 nitrogen and oxygen atoms in total. The maximum Gasteiger partial charge on any atom is 0.252 e. The zero-order chi connectivity index (χ0) is 19.0. The van der Waals surface area contributed by atoms with Gasteiger partial charge in [-0.25, -0.2) is 4.98 Å². The highest BCUT2D eigenvalue weighted by molar-refractivity contribution is 6.32. The number of halogens is 1. The van der Waals surface area contributed by atoms with Crippen molar-refractivity contribution < 1.29 is 14.3 Å². The highest BCUT2D eigenvalue weighted by Gasteiger charge is 2.24. The highest BCUT2D eigenvalue weighted by Crippen LogP contribution is 2.38. The van der Waals surface area contributed by atoms with Crippen molar-refractivity contribution in [2.24, 2.45) is 5.92 Å². The number of nitrogens with one attached hydrogen (secondary N) is 2. The van der Waals surface area contributed by atoms with Crippen LogP contribution in [0.2, 0.25) is 5.02 Å². The molecule has 27 heavy (non-hydrogen) atoms. The Morgan fingerprint density at radius 2 is 2.00 bits per heavy atom. The minimum atomic E-state index is -0.267. The molecule has 3 aromatic rings. The Labute approximate surface area is 161 Å². The highest BCUT2D eigenvalue weighted by atomic mass is 35.5. The van der Waals surface area contributed by atoms with Gasteiger partial charge in [-0.1, -0.05) is 37.6 Å². The van der Waals surface area contributed by atoms with Gasteiger partial charge in [0.15, 0.2) is 11.5 Å². The summed E-state index contributed by atoms with van der Waals surface area (Å²) in [5.41, 5.74) is 2.23. The van der Waals surface area contributed by atoms with Crippen LogP contribution >= 0.6 is 11.6 Å². The van der Waals surface area contributed by atoms with Gasteiger partial charge in [-0.05, 0) is 30.2 Å². The third kappa shape index (κ3) is 3.45. The first kappa shape index (κ1) is 17.7. The molecule has 0 saturated heterocycles. The number of H-pyrrole nitrogens is 1. The molecule has 0 fully saturated rings. The lowest BCUT2D eigenvalue weighted by atomic mass is 10.0. The van der Waals surface area contributed by atoms with E-state index in [9.17, 15) is 4.79 Å². The Kier molecular flexibility index (Phi) is 4.66. The summed E-state index contributed by atoms with van der Waals surface area (Å²) in [4.78, 5) is 20.8. The summed E-state index contributed by atoms with van der Waals surface area (Å²) in [5.74, 6) is 1.60. The molecule has 0 aliphatic carbocycles. The van der Waals surface area contributed by atoms with Gasteiger partial charge >= 0.3 is 0 Å². The summed E-state index contributed by atoms with van der Waals surface area (Å²) in [7, 11) is 0. The zero-order valence-electron chi connectivity index (χ0n) is 15.1. The second-order valence-corrected chi connectivity index (χ2v) is 7.22. The Balaban J connectivity index is 1.62. The molecule has 7 heteroatoms. The molecule has 1 unspecified atom stereocenters. The Hall–Kier alpha value is -2.73. The van der Waals surface area contributed by atoms with Crippen LogP contribution in [-0.2, 0) is 0 Å². The number of para-hydroxylation sites is 2. The average Bonchev–Trinajstić information content (AvgIpc) is 3.09. The van der Waals surface area contributed by atoms with Crippen molar-refractivity contribution in [2.45, 2.75) is 19.9 Å². The molecule has 140 valence electrons. The number of ether oxygens (including phenoxy) is 2. The van der Waals surface area contributed by atoms with Gasteiger partial charge in [0, 0.05) is 5.56 Å². The number of nitrogens with zero attached hydrogens (tertiary/aromatic N) is 1. The molecule has 2 heterocycles. The SMILES string of the molecule is CC(C)C(NC(=O)c1cc(Cl)c2c(c1)OCCO2)c1nc2ccccc2[nH]1. The van der Waals surface area contributed by atoms with E-state index < -0.39 is 0 Å². The molecule has 1 aliphatic heterocycles. The summed E-state index contributed by atoms with van der Waals surface area (Å²) in [6.45, 7) is 4.95. The van der Waals surface area contributed by atoms with Crippen molar-refractivity contribution in [3.05, 3.63) is 52.8 Å². The second kappa shape index (κ2) is 7.12. The predicted molar refractivity (Wildman–Crippen MR) is 104 cm³/mol. The third-order valence-electron chi connectivity index (χ3n) is 4.51. The average molecular weight is 386 g/mol. The quantitative estimate of drug-likeness (QED) is 0.708. The van der Waals surface area contributed by atoms with Crippen molar-refractivity contribution in [1.82, 2.24) is 15.3 Å². The zero-order valence-corrected chi connectivity index (χ0v) is 15.8. The monoisotopic (exact) mass is 385 g/mol. The van der Waals surface area contributed by atoms with Crippen LogP contribution in [0.5, 0.6) is 11.5 Å². The van der Waals surface area contributed by atoms with E-state index >= 15 is 0 Å². The van der Waals surface area contributed by atoms with Crippen LogP contribution in [0.15, 0.2) is 36.4 Å². The molecule has 2 N–H and O–H groups in total. The second-order valence-electron chi connectivity index (χ2n) is 6.82. The van der Waals surface area contributed by atoms with Crippen LogP contribution < -0.4 is 14.8 Å². The molecular weight excluding hydrogens is 366 g/mol. The van der Waals surface area contributed by atoms with E-state index in [4.69, 9.17) is 21.1 Å². The van der Waals surface area contributed by atoms with E-state index in [0.29, 0.717) is 35.3 Å². The molecule has 1 atom stereocenters. The third-order valence-corrected chi connectivity index (χ3v) is 4.80. The van der Waals surface area contributed by atoms with Gasteiger partial charge in [-0.15, -0.1) is 0 Å². The van der Waals surface area contributed by atoms with Crippen LogP contribution in [-0.4, -0.2) is 29.1 Å². The van der Waals surface area contributed by atoms with E-state index in [0.717, 1.165) is 16.9 Å². The number of aromatic amines is 1. The summed E-state index contributed by atoms with van der Waals surface area (Å²) in [5, 5.41) is 3.42. The molecule has 1 amide bonds. The van der Waals surface area contributed by atoms with Crippen LogP contribution in [0, 0.1) is 5.92 Å². The fraction of sp³-hybridized carbons (Fsp3) is 0.300. The van der Waals surface area contributed by atoms with Crippen LogP contribution in [0.3, 0.4) is 0 Å². The van der Waals surface area contributed by atoms with Crippen molar-refractivity contribution in [3.63, 3.8) is 0 Å². The number of hydrogen-bond donors (Lipinski definition) is 2. The number of aromatic nitrogens is 2. The summed E-state index contributed by atoms with van der Waals surface area (Å²) in [6, 6.07) is 10.8. The van der Waals surface area contributed by atoms with Gasteiger partial charge < -0.3 is 19.8 Å². The molecule has 0 spiro atoms.